The third kappa shape index (κ3) is 4.83. The average Bonchev–Trinajstić information content (AvgIpc) is 3.64. The molecular formula is C30H21F6N7O. The van der Waals surface area contributed by atoms with E-state index < -0.39 is 65.7 Å². The van der Waals surface area contributed by atoms with Crippen LogP contribution in [0.4, 0.5) is 26.3 Å². The summed E-state index contributed by atoms with van der Waals surface area (Å²) < 4.78 is 86.5. The van der Waals surface area contributed by atoms with E-state index >= 15 is 8.78 Å². The van der Waals surface area contributed by atoms with Crippen molar-refractivity contribution in [2.24, 2.45) is 5.92 Å². The Morgan fingerprint density at radius 3 is 2.55 bits per heavy atom. The van der Waals surface area contributed by atoms with E-state index in [0.29, 0.717) is 33.0 Å². The lowest BCUT2D eigenvalue weighted by atomic mass is 9.96. The molecular weight excluding hydrogens is 588 g/mol. The van der Waals surface area contributed by atoms with E-state index in [1.807, 2.05) is 0 Å². The van der Waals surface area contributed by atoms with Gasteiger partial charge in [0.1, 0.15) is 35.1 Å². The number of nitrogens with zero attached hydrogens (tertiary/aromatic N) is 6. The van der Waals surface area contributed by atoms with E-state index in [1.54, 1.807) is 18.2 Å². The van der Waals surface area contributed by atoms with Crippen molar-refractivity contribution in [3.8, 4) is 11.1 Å². The van der Waals surface area contributed by atoms with Gasteiger partial charge in [0.15, 0.2) is 5.65 Å². The number of hydrogen-bond donors (Lipinski definition) is 1. The number of alkyl halides is 4. The molecule has 0 spiro atoms. The molecule has 7 rings (SSSR count). The van der Waals surface area contributed by atoms with Gasteiger partial charge in [0.25, 0.3) is 12.3 Å². The van der Waals surface area contributed by atoms with Gasteiger partial charge in [-0.2, -0.15) is 13.9 Å². The first-order valence-electron chi connectivity index (χ1n) is 13.6. The maximum atomic E-state index is 15.1. The Balaban J connectivity index is 1.25. The van der Waals surface area contributed by atoms with E-state index in [0.717, 1.165) is 12.1 Å². The highest BCUT2D eigenvalue weighted by Gasteiger charge is 2.67. The minimum absolute atomic E-state index is 0.0849. The van der Waals surface area contributed by atoms with Gasteiger partial charge in [-0.15, -0.1) is 0 Å². The van der Waals surface area contributed by atoms with Gasteiger partial charge >= 0.3 is 0 Å². The molecule has 5 aromatic rings. The summed E-state index contributed by atoms with van der Waals surface area (Å²) in [6, 6.07) is 6.92. The van der Waals surface area contributed by atoms with Crippen molar-refractivity contribution in [3.05, 3.63) is 101 Å². The van der Waals surface area contributed by atoms with Crippen molar-refractivity contribution >= 4 is 17.1 Å². The third-order valence-corrected chi connectivity index (χ3v) is 7.96. The third-order valence-electron chi connectivity index (χ3n) is 7.96. The number of aromatic nitrogens is 6. The van der Waals surface area contributed by atoms with Gasteiger partial charge in [0.2, 0.25) is 5.91 Å². The highest BCUT2D eigenvalue weighted by molar-refractivity contribution is 5.79. The van der Waals surface area contributed by atoms with Crippen LogP contribution in [0.1, 0.15) is 53.0 Å². The van der Waals surface area contributed by atoms with Crippen molar-refractivity contribution in [1.29, 1.82) is 0 Å². The van der Waals surface area contributed by atoms with Crippen LogP contribution in [0.15, 0.2) is 61.2 Å². The molecule has 3 atom stereocenters. The number of halogens is 6. The van der Waals surface area contributed by atoms with E-state index in [2.05, 4.69) is 30.4 Å². The lowest BCUT2D eigenvalue weighted by Gasteiger charge is -2.22. The highest BCUT2D eigenvalue weighted by Crippen LogP contribution is 2.68. The molecule has 14 heteroatoms. The van der Waals surface area contributed by atoms with Crippen molar-refractivity contribution < 1.29 is 31.1 Å². The second-order valence-electron chi connectivity index (χ2n) is 10.8. The molecule has 224 valence electrons. The van der Waals surface area contributed by atoms with Gasteiger partial charge in [-0.05, 0) is 48.6 Å². The van der Waals surface area contributed by atoms with Crippen LogP contribution in [0.25, 0.3) is 22.3 Å². The quantitative estimate of drug-likeness (QED) is 0.223. The number of hydrogen-bond acceptors (Lipinski definition) is 6. The van der Waals surface area contributed by atoms with Crippen LogP contribution >= 0.6 is 0 Å². The molecule has 1 amide bonds. The van der Waals surface area contributed by atoms with Crippen molar-refractivity contribution in [1.82, 2.24) is 35.0 Å². The van der Waals surface area contributed by atoms with Crippen LogP contribution in [0.2, 0.25) is 0 Å². The van der Waals surface area contributed by atoms with E-state index in [4.69, 9.17) is 0 Å². The minimum atomic E-state index is -3.40. The number of rotatable bonds is 8. The first kappa shape index (κ1) is 27.9. The Labute approximate surface area is 245 Å². The van der Waals surface area contributed by atoms with Gasteiger partial charge in [0.05, 0.1) is 11.7 Å². The number of fused-ring (bicyclic) bond motifs is 4. The van der Waals surface area contributed by atoms with Crippen LogP contribution in [0, 0.1) is 17.6 Å². The van der Waals surface area contributed by atoms with Gasteiger partial charge < -0.3 is 5.32 Å². The largest absolute Gasteiger partial charge is 0.346 e. The zero-order valence-corrected chi connectivity index (χ0v) is 22.6. The fourth-order valence-corrected chi connectivity index (χ4v) is 6.08. The average molecular weight is 610 g/mol. The van der Waals surface area contributed by atoms with E-state index in [1.165, 1.54) is 24.8 Å². The second-order valence-corrected chi connectivity index (χ2v) is 10.8. The topological polar surface area (TPSA) is 98.5 Å². The molecule has 8 nitrogen and oxygen atoms in total. The summed E-state index contributed by atoms with van der Waals surface area (Å²) >= 11 is 0. The summed E-state index contributed by atoms with van der Waals surface area (Å²) in [5, 5.41) is 6.42. The molecule has 1 N–H and O–H groups in total. The molecule has 2 unspecified atom stereocenters. The Hall–Kier alpha value is -4.88. The Morgan fingerprint density at radius 2 is 1.77 bits per heavy atom. The predicted molar refractivity (Wildman–Crippen MR) is 143 cm³/mol. The maximum Gasteiger partial charge on any atom is 0.293 e. The van der Waals surface area contributed by atoms with Crippen molar-refractivity contribution in [2.75, 3.05) is 0 Å². The van der Waals surface area contributed by atoms with Gasteiger partial charge in [-0.25, -0.2) is 27.5 Å². The van der Waals surface area contributed by atoms with Crippen LogP contribution in [-0.2, 0) is 23.7 Å². The summed E-state index contributed by atoms with van der Waals surface area (Å²) in [6.45, 7) is -0.784. The maximum absolute atomic E-state index is 15.1. The van der Waals surface area contributed by atoms with Gasteiger partial charge in [0, 0.05) is 53.5 Å². The molecule has 1 aromatic carbocycles. The van der Waals surface area contributed by atoms with Crippen LogP contribution in [0.3, 0.4) is 0 Å². The molecule has 44 heavy (non-hydrogen) atoms. The molecule has 0 aliphatic heterocycles. The summed E-state index contributed by atoms with van der Waals surface area (Å²) in [4.78, 5) is 30.6. The monoisotopic (exact) mass is 609 g/mol. The molecule has 1 fully saturated rings. The predicted octanol–water partition coefficient (Wildman–Crippen LogP) is 5.81. The number of nitrogens with one attached hydrogen (secondary N) is 1. The van der Waals surface area contributed by atoms with Crippen LogP contribution in [-0.4, -0.2) is 35.6 Å². The minimum Gasteiger partial charge on any atom is -0.346 e. The standard InChI is InChI=1S/C30H21F6N7O/c31-16-6-14(7-17(32)10-16)8-21(25-18(2-1-3-38-25)15-9-22-29(40-12-15)39-5-4-37-22)41-23(44)13-43-27-24(26(42-43)28(33)34)19-11-20(19)30(27,35)36/h1-7,9-10,12,19-21,28H,8,11,13H2,(H,41,44)/t19?,20?,21-/m0/s1. The fraction of sp³-hybridized carbons (Fsp3) is 0.267. The molecule has 0 radical (unpaired) electrons. The number of amides is 1. The molecule has 2 aliphatic rings. The van der Waals surface area contributed by atoms with Crippen LogP contribution in [0.5, 0.6) is 0 Å². The fourth-order valence-electron chi connectivity index (χ4n) is 6.08. The zero-order valence-electron chi connectivity index (χ0n) is 22.6. The van der Waals surface area contributed by atoms with Crippen molar-refractivity contribution in [2.45, 2.75) is 43.7 Å². The Bertz CT molecular complexity index is 1910. The normalized spacial score (nSPS) is 18.7. The van der Waals surface area contributed by atoms with E-state index in [-0.39, 0.29) is 29.7 Å². The molecule has 0 saturated heterocycles. The first-order valence-corrected chi connectivity index (χ1v) is 13.6. The summed E-state index contributed by atoms with van der Waals surface area (Å²) in [6.07, 6.45) is 2.83. The SMILES string of the molecule is O=C(Cn1nc(C(F)F)c2c1C(F)(F)C1CC21)N[C@@H](Cc1cc(F)cc(F)c1)c1ncccc1-c1cnc2nccnc2c1. The van der Waals surface area contributed by atoms with Gasteiger partial charge in [-0.1, -0.05) is 6.07 Å². The molecule has 1 saturated carbocycles. The first-order chi connectivity index (χ1) is 21.1. The highest BCUT2D eigenvalue weighted by atomic mass is 19.3. The summed E-state index contributed by atoms with van der Waals surface area (Å²) in [5.74, 6) is -7.72. The number of pyridine rings is 2. The number of benzene rings is 1. The Morgan fingerprint density at radius 1 is 1.00 bits per heavy atom. The summed E-state index contributed by atoms with van der Waals surface area (Å²) in [5.41, 5.74) is 0.781. The second kappa shape index (κ2) is 10.4. The molecule has 4 aromatic heterocycles. The zero-order chi connectivity index (χ0) is 30.7. The number of carbonyl (C=O) groups is 1. The van der Waals surface area contributed by atoms with E-state index in [9.17, 15) is 22.4 Å². The number of carbonyl (C=O) groups excluding carboxylic acids is 1. The van der Waals surface area contributed by atoms with Crippen molar-refractivity contribution in [3.63, 3.8) is 0 Å². The lowest BCUT2D eigenvalue weighted by Crippen LogP contribution is -2.35. The molecule has 0 bridgehead atoms. The summed E-state index contributed by atoms with van der Waals surface area (Å²) in [7, 11) is 0. The molecule has 4 heterocycles. The smallest absolute Gasteiger partial charge is 0.293 e. The van der Waals surface area contributed by atoms with Crippen LogP contribution < -0.4 is 5.32 Å². The lowest BCUT2D eigenvalue weighted by molar-refractivity contribution is -0.123. The van der Waals surface area contributed by atoms with Gasteiger partial charge in [-0.3, -0.25) is 19.4 Å². The Kier molecular flexibility index (Phi) is 6.59. The molecule has 2 aliphatic carbocycles.